The summed E-state index contributed by atoms with van der Waals surface area (Å²) in [5.41, 5.74) is -1.69. The molecule has 1 aliphatic heterocycles. The number of halogens is 3. The number of benzene rings is 1. The van der Waals surface area contributed by atoms with Gasteiger partial charge in [0.2, 0.25) is 5.43 Å². The van der Waals surface area contributed by atoms with Crippen molar-refractivity contribution in [1.82, 2.24) is 9.55 Å². The van der Waals surface area contributed by atoms with Crippen LogP contribution in [0.15, 0.2) is 41.3 Å². The van der Waals surface area contributed by atoms with Crippen LogP contribution in [-0.2, 0) is 0 Å². The van der Waals surface area contributed by atoms with Gasteiger partial charge in [0.05, 0.1) is 23.2 Å². The summed E-state index contributed by atoms with van der Waals surface area (Å²) in [6.07, 6.45) is 8.92. The van der Waals surface area contributed by atoms with Gasteiger partial charge in [-0.1, -0.05) is 0 Å². The summed E-state index contributed by atoms with van der Waals surface area (Å²) in [5, 5.41) is 0.182. The highest BCUT2D eigenvalue weighted by Crippen LogP contribution is 2.61. The Morgan fingerprint density at radius 1 is 1.05 bits per heavy atom. The van der Waals surface area contributed by atoms with E-state index in [0.29, 0.717) is 43.0 Å². The van der Waals surface area contributed by atoms with Crippen molar-refractivity contribution in [2.45, 2.75) is 64.0 Å². The van der Waals surface area contributed by atoms with Gasteiger partial charge in [0, 0.05) is 31.6 Å². The van der Waals surface area contributed by atoms with Crippen molar-refractivity contribution in [3.8, 4) is 5.69 Å². The number of alkyl halides is 1. The Hall–Kier alpha value is -3.16. The topological polar surface area (TPSA) is 55.2 Å². The molecule has 1 unspecified atom stereocenters. The fourth-order valence-electron chi connectivity index (χ4n) is 8.49. The number of pyridine rings is 2. The van der Waals surface area contributed by atoms with Gasteiger partial charge in [0.1, 0.15) is 23.1 Å². The average Bonchev–Trinajstić information content (AvgIpc) is 3.23. The average molecular weight is 536 g/mol. The molecule has 1 saturated heterocycles. The number of nitrogens with zero attached hydrogens (tertiary/aromatic N) is 3. The van der Waals surface area contributed by atoms with Gasteiger partial charge in [-0.2, -0.15) is 0 Å². The molecule has 1 aromatic carbocycles. The van der Waals surface area contributed by atoms with Crippen molar-refractivity contribution in [1.29, 1.82) is 0 Å². The summed E-state index contributed by atoms with van der Waals surface area (Å²) in [5.74, 6) is 0.695. The van der Waals surface area contributed by atoms with E-state index < -0.39 is 22.7 Å². The van der Waals surface area contributed by atoms with Crippen LogP contribution in [0.2, 0.25) is 0 Å². The quantitative estimate of drug-likeness (QED) is 0.355. The number of Topliss-reactive ketones (excluding diaryl/α,β-unsaturated/α-hetero) is 1. The van der Waals surface area contributed by atoms with Crippen LogP contribution in [-0.4, -0.2) is 34.1 Å². The third kappa shape index (κ3) is 4.27. The van der Waals surface area contributed by atoms with Crippen LogP contribution in [0, 0.1) is 34.8 Å². The molecule has 5 aliphatic rings. The first-order valence-corrected chi connectivity index (χ1v) is 14.1. The molecule has 8 rings (SSSR count). The second-order valence-corrected chi connectivity index (χ2v) is 13.0. The Bertz CT molecular complexity index is 1530. The Kier molecular flexibility index (Phi) is 5.52. The molecule has 0 radical (unpaired) electrons. The lowest BCUT2D eigenvalue weighted by atomic mass is 9.48. The van der Waals surface area contributed by atoms with Gasteiger partial charge in [-0.05, 0) is 92.9 Å². The zero-order chi connectivity index (χ0) is 27.1. The lowest BCUT2D eigenvalue weighted by molar-refractivity contribution is -0.0524. The number of hydrogen-bond donors (Lipinski definition) is 0. The molecule has 2 aromatic heterocycles. The summed E-state index contributed by atoms with van der Waals surface area (Å²) in [6, 6.07) is 6.44. The number of rotatable bonds is 5. The van der Waals surface area contributed by atoms with E-state index in [1.807, 2.05) is 0 Å². The molecule has 8 heteroatoms. The number of fused-ring (bicyclic) bond motifs is 1. The standard InChI is InChI=1S/C31H32F3N3O2/c1-30(34)6-7-36(17-30)27-5-3-22-28(39)23(16-37(29(22)35-27)25-4-2-21(32)11-24(25)33)26(38)15-31-12-18-8-19(13-31)10-20(9-18)14-31/h2-5,11,16,18-20H,6-10,12-15,17H2,1H3. The third-order valence-electron chi connectivity index (χ3n) is 9.75. The monoisotopic (exact) mass is 535 g/mol. The number of aromatic nitrogens is 2. The van der Waals surface area contributed by atoms with Crippen LogP contribution in [0.4, 0.5) is 19.0 Å². The normalized spacial score (nSPS) is 31.4. The lowest BCUT2D eigenvalue weighted by Gasteiger charge is -2.56. The van der Waals surface area contributed by atoms with Crippen molar-refractivity contribution in [2.75, 3.05) is 18.0 Å². The predicted molar refractivity (Wildman–Crippen MR) is 143 cm³/mol. The minimum atomic E-state index is -1.35. The maximum atomic E-state index is 15.1. The highest BCUT2D eigenvalue weighted by atomic mass is 19.1. The van der Waals surface area contributed by atoms with Crippen LogP contribution in [0.5, 0.6) is 0 Å². The van der Waals surface area contributed by atoms with E-state index in [2.05, 4.69) is 4.98 Å². The molecule has 4 bridgehead atoms. The van der Waals surface area contributed by atoms with Crippen LogP contribution in [0.3, 0.4) is 0 Å². The molecular weight excluding hydrogens is 503 g/mol. The Morgan fingerprint density at radius 2 is 1.74 bits per heavy atom. The minimum absolute atomic E-state index is 0.00773. The van der Waals surface area contributed by atoms with Gasteiger partial charge < -0.3 is 4.90 Å². The van der Waals surface area contributed by atoms with Crippen molar-refractivity contribution in [2.24, 2.45) is 23.2 Å². The first-order valence-electron chi connectivity index (χ1n) is 14.1. The molecule has 0 amide bonds. The highest BCUT2D eigenvalue weighted by molar-refractivity contribution is 5.99. The molecule has 0 spiro atoms. The zero-order valence-corrected chi connectivity index (χ0v) is 22.1. The van der Waals surface area contributed by atoms with Crippen LogP contribution >= 0.6 is 0 Å². The number of carbonyl (C=O) groups is 1. The fourth-order valence-corrected chi connectivity index (χ4v) is 8.49. The SMILES string of the molecule is CC1(F)CCN(c2ccc3c(=O)c(C(=O)CC45CC6CC(CC(C6)C4)C5)cn(-c4ccc(F)cc4F)c3n2)C1. The highest BCUT2D eigenvalue weighted by Gasteiger charge is 2.51. The Balaban J connectivity index is 1.33. The van der Waals surface area contributed by atoms with Gasteiger partial charge in [-0.25, -0.2) is 18.2 Å². The molecule has 5 nitrogen and oxygen atoms in total. The lowest BCUT2D eigenvalue weighted by Crippen LogP contribution is -2.47. The minimum Gasteiger partial charge on any atom is -0.353 e. The van der Waals surface area contributed by atoms with Crippen molar-refractivity contribution in [3.05, 3.63) is 63.9 Å². The van der Waals surface area contributed by atoms with Crippen molar-refractivity contribution >= 4 is 22.6 Å². The molecule has 4 saturated carbocycles. The summed E-state index contributed by atoms with van der Waals surface area (Å²) in [6.45, 7) is 2.16. The maximum Gasteiger partial charge on any atom is 0.201 e. The predicted octanol–water partition coefficient (Wildman–Crippen LogP) is 6.39. The molecule has 3 aromatic rings. The number of carbonyl (C=O) groups excluding carboxylic acids is 1. The molecule has 4 aliphatic carbocycles. The Morgan fingerprint density at radius 3 is 2.36 bits per heavy atom. The van der Waals surface area contributed by atoms with Crippen LogP contribution in [0.1, 0.15) is 68.6 Å². The summed E-state index contributed by atoms with van der Waals surface area (Å²) >= 11 is 0. The molecule has 1 atom stereocenters. The maximum absolute atomic E-state index is 15.1. The van der Waals surface area contributed by atoms with Crippen molar-refractivity contribution in [3.63, 3.8) is 0 Å². The zero-order valence-electron chi connectivity index (χ0n) is 22.1. The fraction of sp³-hybridized carbons (Fsp3) is 0.516. The number of ketones is 1. The molecule has 39 heavy (non-hydrogen) atoms. The summed E-state index contributed by atoms with van der Waals surface area (Å²) < 4.78 is 44.8. The van der Waals surface area contributed by atoms with Crippen LogP contribution in [0.25, 0.3) is 16.7 Å². The van der Waals surface area contributed by atoms with E-state index in [0.717, 1.165) is 31.4 Å². The molecular formula is C31H32F3N3O2. The number of anilines is 1. The van der Waals surface area contributed by atoms with E-state index in [4.69, 9.17) is 0 Å². The molecule has 0 N–H and O–H groups in total. The van der Waals surface area contributed by atoms with Gasteiger partial charge in [0.15, 0.2) is 11.4 Å². The third-order valence-corrected chi connectivity index (χ3v) is 9.75. The molecule has 5 fully saturated rings. The Labute approximate surface area is 225 Å². The first kappa shape index (κ1) is 24.9. The smallest absolute Gasteiger partial charge is 0.201 e. The summed E-state index contributed by atoms with van der Waals surface area (Å²) in [7, 11) is 0. The van der Waals surface area contributed by atoms with Gasteiger partial charge in [0.25, 0.3) is 0 Å². The largest absolute Gasteiger partial charge is 0.353 e. The second kappa shape index (κ2) is 8.67. The first-order chi connectivity index (χ1) is 18.6. The van der Waals surface area contributed by atoms with E-state index in [1.165, 1.54) is 36.1 Å². The van der Waals surface area contributed by atoms with E-state index in [-0.39, 0.29) is 40.0 Å². The van der Waals surface area contributed by atoms with E-state index in [9.17, 15) is 18.4 Å². The van der Waals surface area contributed by atoms with Gasteiger partial charge >= 0.3 is 0 Å². The van der Waals surface area contributed by atoms with Crippen molar-refractivity contribution < 1.29 is 18.0 Å². The van der Waals surface area contributed by atoms with Gasteiger partial charge in [-0.15, -0.1) is 0 Å². The molecule has 204 valence electrons. The number of hydrogen-bond acceptors (Lipinski definition) is 4. The van der Waals surface area contributed by atoms with E-state index >= 15 is 4.39 Å². The van der Waals surface area contributed by atoms with Crippen LogP contribution < -0.4 is 10.3 Å². The van der Waals surface area contributed by atoms with E-state index in [1.54, 1.807) is 24.0 Å². The van der Waals surface area contributed by atoms with Gasteiger partial charge in [-0.3, -0.25) is 14.2 Å². The second-order valence-electron chi connectivity index (χ2n) is 13.0. The summed E-state index contributed by atoms with van der Waals surface area (Å²) in [4.78, 5) is 34.0. The molecule has 3 heterocycles.